The van der Waals surface area contributed by atoms with E-state index in [1.165, 1.54) is 21.3 Å². The number of amides is 1. The third kappa shape index (κ3) is 6.14. The third-order valence-electron chi connectivity index (χ3n) is 4.50. The van der Waals surface area contributed by atoms with Crippen molar-refractivity contribution in [1.29, 1.82) is 0 Å². The molecule has 2 aromatic carbocycles. The molecule has 30 heavy (non-hydrogen) atoms. The number of carbonyl (C=O) groups is 2. The molecule has 162 valence electrons. The number of anilines is 1. The van der Waals surface area contributed by atoms with Gasteiger partial charge in [0.05, 0.1) is 33.4 Å². The van der Waals surface area contributed by atoms with E-state index < -0.39 is 18.5 Å². The highest BCUT2D eigenvalue weighted by Gasteiger charge is 2.18. The molecule has 0 saturated heterocycles. The molecule has 0 atom stereocenters. The summed E-state index contributed by atoms with van der Waals surface area (Å²) >= 11 is 0. The number of hydrogen-bond acceptors (Lipinski definition) is 6. The van der Waals surface area contributed by atoms with Gasteiger partial charge in [0.1, 0.15) is 5.75 Å². The van der Waals surface area contributed by atoms with E-state index in [1.54, 1.807) is 24.3 Å². The molecule has 0 heterocycles. The molecule has 0 aliphatic rings. The van der Waals surface area contributed by atoms with E-state index in [2.05, 4.69) is 26.1 Å². The van der Waals surface area contributed by atoms with Crippen LogP contribution in [0.1, 0.15) is 31.9 Å². The Kier molecular flexibility index (Phi) is 7.69. The fraction of sp³-hybridized carbons (Fsp3) is 0.391. The van der Waals surface area contributed by atoms with Crippen LogP contribution in [0.5, 0.6) is 17.2 Å². The third-order valence-corrected chi connectivity index (χ3v) is 4.50. The molecule has 0 bridgehead atoms. The first-order valence-corrected chi connectivity index (χ1v) is 9.52. The minimum atomic E-state index is -0.521. The SMILES string of the molecule is COc1ccc(C(C)(C)C)cc1NC(=O)COC(=O)Cc1ccc(OC)c(OC)c1. The zero-order chi connectivity index (χ0) is 22.3. The lowest BCUT2D eigenvalue weighted by Crippen LogP contribution is -2.22. The molecule has 0 saturated carbocycles. The quantitative estimate of drug-likeness (QED) is 0.662. The van der Waals surface area contributed by atoms with Gasteiger partial charge in [-0.2, -0.15) is 0 Å². The van der Waals surface area contributed by atoms with E-state index in [1.807, 2.05) is 12.1 Å². The molecule has 2 aromatic rings. The summed E-state index contributed by atoms with van der Waals surface area (Å²) in [5.74, 6) is 0.660. The minimum absolute atomic E-state index is 0.0104. The largest absolute Gasteiger partial charge is 0.495 e. The molecule has 1 amide bonds. The fourth-order valence-corrected chi connectivity index (χ4v) is 2.81. The molecule has 0 unspecified atom stereocenters. The molecule has 0 spiro atoms. The second kappa shape index (κ2) is 10.0. The Hall–Kier alpha value is -3.22. The number of benzene rings is 2. The highest BCUT2D eigenvalue weighted by Crippen LogP contribution is 2.31. The maximum absolute atomic E-state index is 12.3. The zero-order valence-corrected chi connectivity index (χ0v) is 18.3. The molecule has 0 aromatic heterocycles. The van der Waals surface area contributed by atoms with Crippen LogP contribution in [0, 0.1) is 0 Å². The predicted molar refractivity (Wildman–Crippen MR) is 115 cm³/mol. The van der Waals surface area contributed by atoms with E-state index in [0.29, 0.717) is 28.5 Å². The average molecular weight is 415 g/mol. The Morgan fingerprint density at radius 1 is 0.867 bits per heavy atom. The summed E-state index contributed by atoms with van der Waals surface area (Å²) in [6.45, 7) is 5.85. The Balaban J connectivity index is 1.97. The van der Waals surface area contributed by atoms with E-state index in [-0.39, 0.29) is 11.8 Å². The predicted octanol–water partition coefficient (Wildman–Crippen LogP) is 3.73. The number of nitrogens with one attached hydrogen (secondary N) is 1. The zero-order valence-electron chi connectivity index (χ0n) is 18.3. The first kappa shape index (κ1) is 23.1. The summed E-state index contributed by atoms with van der Waals surface area (Å²) in [4.78, 5) is 24.4. The van der Waals surface area contributed by atoms with E-state index in [4.69, 9.17) is 18.9 Å². The van der Waals surface area contributed by atoms with Gasteiger partial charge in [-0.1, -0.05) is 32.9 Å². The van der Waals surface area contributed by atoms with Gasteiger partial charge in [0.15, 0.2) is 18.1 Å². The number of hydrogen-bond donors (Lipinski definition) is 1. The molecule has 7 nitrogen and oxygen atoms in total. The standard InChI is InChI=1S/C23H29NO6/c1-23(2,3)16-8-10-18(27-4)17(13-16)24-21(25)14-30-22(26)12-15-7-9-19(28-5)20(11-15)29-6/h7-11,13H,12,14H2,1-6H3,(H,24,25). The number of esters is 1. The van der Waals surface area contributed by atoms with Crippen molar-refractivity contribution >= 4 is 17.6 Å². The molecule has 2 rings (SSSR count). The van der Waals surface area contributed by atoms with Gasteiger partial charge < -0.3 is 24.3 Å². The molecule has 0 aliphatic carbocycles. The number of carbonyl (C=O) groups excluding carboxylic acids is 2. The monoisotopic (exact) mass is 415 g/mol. The van der Waals surface area contributed by atoms with E-state index in [9.17, 15) is 9.59 Å². The van der Waals surface area contributed by atoms with Crippen molar-refractivity contribution in [3.05, 3.63) is 47.5 Å². The Bertz CT molecular complexity index is 901. The van der Waals surface area contributed by atoms with Crippen molar-refractivity contribution in [1.82, 2.24) is 0 Å². The van der Waals surface area contributed by atoms with Crippen LogP contribution in [-0.4, -0.2) is 39.8 Å². The lowest BCUT2D eigenvalue weighted by Gasteiger charge is -2.21. The van der Waals surface area contributed by atoms with E-state index in [0.717, 1.165) is 5.56 Å². The summed E-state index contributed by atoms with van der Waals surface area (Å²) in [7, 11) is 4.59. The van der Waals surface area contributed by atoms with Crippen LogP contribution in [0.3, 0.4) is 0 Å². The Morgan fingerprint density at radius 3 is 2.10 bits per heavy atom. The molecule has 0 radical (unpaired) electrons. The second-order valence-electron chi connectivity index (χ2n) is 7.74. The molecule has 7 heteroatoms. The summed E-state index contributed by atoms with van der Waals surface area (Å²) in [5.41, 5.74) is 2.19. The maximum atomic E-state index is 12.3. The topological polar surface area (TPSA) is 83.1 Å². The van der Waals surface area contributed by atoms with Crippen LogP contribution in [0.2, 0.25) is 0 Å². The van der Waals surface area contributed by atoms with E-state index >= 15 is 0 Å². The number of methoxy groups -OCH3 is 3. The van der Waals surface area contributed by atoms with Gasteiger partial charge in [-0.25, -0.2) is 0 Å². The minimum Gasteiger partial charge on any atom is -0.495 e. The molecular weight excluding hydrogens is 386 g/mol. The normalized spacial score (nSPS) is 10.9. The molecule has 0 fully saturated rings. The summed E-state index contributed by atoms with van der Waals surface area (Å²) in [5, 5.41) is 2.75. The Labute approximate surface area is 177 Å². The van der Waals surface area contributed by atoms with Gasteiger partial charge in [0, 0.05) is 0 Å². The lowest BCUT2D eigenvalue weighted by atomic mass is 9.87. The first-order chi connectivity index (χ1) is 14.2. The van der Waals surface area contributed by atoms with Crippen molar-refractivity contribution in [3.63, 3.8) is 0 Å². The van der Waals surface area contributed by atoms with Crippen molar-refractivity contribution in [2.24, 2.45) is 0 Å². The highest BCUT2D eigenvalue weighted by atomic mass is 16.5. The van der Waals surface area contributed by atoms with Crippen molar-refractivity contribution in [2.45, 2.75) is 32.6 Å². The van der Waals surface area contributed by atoms with Crippen molar-refractivity contribution in [3.8, 4) is 17.2 Å². The molecule has 1 N–H and O–H groups in total. The second-order valence-corrected chi connectivity index (χ2v) is 7.74. The fourth-order valence-electron chi connectivity index (χ4n) is 2.81. The van der Waals surface area contributed by atoms with Crippen LogP contribution in [-0.2, 0) is 26.2 Å². The van der Waals surface area contributed by atoms with Crippen LogP contribution in [0.25, 0.3) is 0 Å². The van der Waals surface area contributed by atoms with Crippen LogP contribution in [0.4, 0.5) is 5.69 Å². The van der Waals surface area contributed by atoms with Gasteiger partial charge >= 0.3 is 5.97 Å². The molecular formula is C23H29NO6. The highest BCUT2D eigenvalue weighted by molar-refractivity contribution is 5.94. The Morgan fingerprint density at radius 2 is 1.50 bits per heavy atom. The van der Waals surface area contributed by atoms with Crippen LogP contribution in [0.15, 0.2) is 36.4 Å². The average Bonchev–Trinajstić information content (AvgIpc) is 2.71. The van der Waals surface area contributed by atoms with Crippen molar-refractivity contribution < 1.29 is 28.5 Å². The lowest BCUT2D eigenvalue weighted by molar-refractivity contribution is -0.146. The van der Waals surface area contributed by atoms with Gasteiger partial charge in [-0.3, -0.25) is 9.59 Å². The van der Waals surface area contributed by atoms with Crippen molar-refractivity contribution in [2.75, 3.05) is 33.3 Å². The number of ether oxygens (including phenoxy) is 4. The number of rotatable bonds is 8. The van der Waals surface area contributed by atoms with Gasteiger partial charge in [0.2, 0.25) is 0 Å². The molecule has 0 aliphatic heterocycles. The maximum Gasteiger partial charge on any atom is 0.310 e. The van der Waals surface area contributed by atoms with Crippen LogP contribution < -0.4 is 19.5 Å². The summed E-state index contributed by atoms with van der Waals surface area (Å²) in [6.07, 6.45) is 0.0104. The smallest absolute Gasteiger partial charge is 0.310 e. The summed E-state index contributed by atoms with van der Waals surface area (Å²) < 4.78 is 20.8. The van der Waals surface area contributed by atoms with Gasteiger partial charge in [-0.05, 0) is 40.8 Å². The van der Waals surface area contributed by atoms with Crippen LogP contribution >= 0.6 is 0 Å². The van der Waals surface area contributed by atoms with Gasteiger partial charge in [0.25, 0.3) is 5.91 Å². The van der Waals surface area contributed by atoms with Gasteiger partial charge in [-0.15, -0.1) is 0 Å². The summed E-state index contributed by atoms with van der Waals surface area (Å²) in [6, 6.07) is 10.8. The first-order valence-electron chi connectivity index (χ1n) is 9.52.